The number of amides is 1. The minimum atomic E-state index is -0.113. The van der Waals surface area contributed by atoms with Crippen LogP contribution >= 0.6 is 0 Å². The second kappa shape index (κ2) is 7.17. The number of rotatable bonds is 6. The minimum absolute atomic E-state index is 0.113. The molecule has 0 saturated heterocycles. The molecule has 5 nitrogen and oxygen atoms in total. The zero-order valence-corrected chi connectivity index (χ0v) is 14.0. The Balaban J connectivity index is 1.56. The summed E-state index contributed by atoms with van der Waals surface area (Å²) in [7, 11) is 3.59. The van der Waals surface area contributed by atoms with Gasteiger partial charge in [0.1, 0.15) is 11.6 Å². The molecule has 3 rings (SSSR count). The van der Waals surface area contributed by atoms with E-state index in [0.717, 1.165) is 29.7 Å². The number of fused-ring (bicyclic) bond motifs is 1. The van der Waals surface area contributed by atoms with Crippen molar-refractivity contribution in [2.75, 3.05) is 13.7 Å². The van der Waals surface area contributed by atoms with Gasteiger partial charge in [-0.2, -0.15) is 0 Å². The Morgan fingerprint density at radius 2 is 1.92 bits per heavy atom. The van der Waals surface area contributed by atoms with Crippen LogP contribution < -0.4 is 10.1 Å². The van der Waals surface area contributed by atoms with Crippen molar-refractivity contribution < 1.29 is 9.53 Å². The van der Waals surface area contributed by atoms with Crippen LogP contribution in [0.25, 0.3) is 11.0 Å². The summed E-state index contributed by atoms with van der Waals surface area (Å²) in [6.07, 6.45) is 1.65. The molecule has 0 radical (unpaired) electrons. The number of hydrogen-bond acceptors (Lipinski definition) is 3. The number of ether oxygens (including phenoxy) is 1. The summed E-state index contributed by atoms with van der Waals surface area (Å²) >= 11 is 0. The van der Waals surface area contributed by atoms with E-state index in [2.05, 4.69) is 20.9 Å². The summed E-state index contributed by atoms with van der Waals surface area (Å²) in [5.41, 5.74) is 2.70. The van der Waals surface area contributed by atoms with Gasteiger partial charge in [-0.05, 0) is 30.7 Å². The standard InChI is InChI=1S/C19H21N3O2/c1-22-16-10-5-4-9-15(16)21-18(22)12-7-13-20-19(23)14-8-3-6-11-17(14)24-2/h3-6,8-11H,7,12-13H2,1-2H3,(H,20,23). The van der Waals surface area contributed by atoms with E-state index in [0.29, 0.717) is 17.9 Å². The average molecular weight is 323 g/mol. The van der Waals surface area contributed by atoms with Crippen LogP contribution in [0.2, 0.25) is 0 Å². The average Bonchev–Trinajstić information content (AvgIpc) is 2.95. The Labute approximate surface area is 141 Å². The molecule has 0 bridgehead atoms. The van der Waals surface area contributed by atoms with Crippen LogP contribution in [0.4, 0.5) is 0 Å². The van der Waals surface area contributed by atoms with Crippen molar-refractivity contribution >= 4 is 16.9 Å². The maximum absolute atomic E-state index is 12.2. The highest BCUT2D eigenvalue weighted by molar-refractivity contribution is 5.96. The first-order valence-corrected chi connectivity index (χ1v) is 8.02. The molecule has 0 unspecified atom stereocenters. The van der Waals surface area contributed by atoms with Crippen LogP contribution in [-0.4, -0.2) is 29.1 Å². The van der Waals surface area contributed by atoms with Gasteiger partial charge in [0.25, 0.3) is 5.91 Å². The molecule has 0 spiro atoms. The van der Waals surface area contributed by atoms with Gasteiger partial charge in [0.2, 0.25) is 0 Å². The molecule has 0 fully saturated rings. The third-order valence-electron chi connectivity index (χ3n) is 4.09. The SMILES string of the molecule is COc1ccccc1C(=O)NCCCc1nc2ccccc2n1C. The van der Waals surface area contributed by atoms with Crippen molar-refractivity contribution in [3.05, 3.63) is 59.9 Å². The molecule has 3 aromatic rings. The van der Waals surface area contributed by atoms with E-state index in [1.165, 1.54) is 0 Å². The lowest BCUT2D eigenvalue weighted by Crippen LogP contribution is -2.25. The molecule has 1 heterocycles. The van der Waals surface area contributed by atoms with Gasteiger partial charge in [0, 0.05) is 20.0 Å². The molecule has 24 heavy (non-hydrogen) atoms. The fraction of sp³-hybridized carbons (Fsp3) is 0.263. The Morgan fingerprint density at radius 1 is 1.17 bits per heavy atom. The van der Waals surface area contributed by atoms with Crippen LogP contribution in [0.15, 0.2) is 48.5 Å². The first-order chi connectivity index (χ1) is 11.7. The number of methoxy groups -OCH3 is 1. The summed E-state index contributed by atoms with van der Waals surface area (Å²) in [5, 5.41) is 2.94. The molecule has 1 aromatic heterocycles. The van der Waals surface area contributed by atoms with Gasteiger partial charge >= 0.3 is 0 Å². The van der Waals surface area contributed by atoms with Crippen LogP contribution in [0.5, 0.6) is 5.75 Å². The van der Waals surface area contributed by atoms with Gasteiger partial charge in [-0.15, -0.1) is 0 Å². The number of aryl methyl sites for hydroxylation is 2. The number of carbonyl (C=O) groups excluding carboxylic acids is 1. The maximum Gasteiger partial charge on any atom is 0.255 e. The number of benzene rings is 2. The van der Waals surface area contributed by atoms with Crippen molar-refractivity contribution in [1.29, 1.82) is 0 Å². The number of nitrogens with zero attached hydrogens (tertiary/aromatic N) is 2. The van der Waals surface area contributed by atoms with E-state index in [4.69, 9.17) is 4.74 Å². The lowest BCUT2D eigenvalue weighted by atomic mass is 10.2. The van der Waals surface area contributed by atoms with Gasteiger partial charge in [0.15, 0.2) is 0 Å². The fourth-order valence-corrected chi connectivity index (χ4v) is 2.79. The number of imidazole rings is 1. The molecule has 5 heteroatoms. The van der Waals surface area contributed by atoms with Crippen molar-refractivity contribution in [2.24, 2.45) is 7.05 Å². The van der Waals surface area contributed by atoms with Crippen LogP contribution in [0.3, 0.4) is 0 Å². The third-order valence-corrected chi connectivity index (χ3v) is 4.09. The number of carbonyl (C=O) groups is 1. The van der Waals surface area contributed by atoms with Gasteiger partial charge in [-0.1, -0.05) is 24.3 Å². The molecule has 0 saturated carbocycles. The fourth-order valence-electron chi connectivity index (χ4n) is 2.79. The first kappa shape index (κ1) is 16.1. The molecule has 0 atom stereocenters. The van der Waals surface area contributed by atoms with E-state index >= 15 is 0 Å². The molecule has 124 valence electrons. The molecule has 0 aliphatic rings. The third kappa shape index (κ3) is 3.25. The van der Waals surface area contributed by atoms with Crippen LogP contribution in [0.1, 0.15) is 22.6 Å². The van der Waals surface area contributed by atoms with E-state index < -0.39 is 0 Å². The molecule has 1 amide bonds. The zero-order chi connectivity index (χ0) is 16.9. The molecule has 2 aromatic carbocycles. The zero-order valence-electron chi connectivity index (χ0n) is 14.0. The lowest BCUT2D eigenvalue weighted by molar-refractivity contribution is 0.0950. The predicted molar refractivity (Wildman–Crippen MR) is 94.4 cm³/mol. The van der Waals surface area contributed by atoms with Crippen molar-refractivity contribution in [3.63, 3.8) is 0 Å². The van der Waals surface area contributed by atoms with Gasteiger partial charge in [-0.25, -0.2) is 4.98 Å². The predicted octanol–water partition coefficient (Wildman–Crippen LogP) is 2.94. The van der Waals surface area contributed by atoms with Crippen LogP contribution in [-0.2, 0) is 13.5 Å². The Kier molecular flexibility index (Phi) is 4.79. The second-order valence-electron chi connectivity index (χ2n) is 5.64. The van der Waals surface area contributed by atoms with Gasteiger partial charge < -0.3 is 14.6 Å². The topological polar surface area (TPSA) is 56.1 Å². The van der Waals surface area contributed by atoms with E-state index in [-0.39, 0.29) is 5.91 Å². The van der Waals surface area contributed by atoms with Crippen molar-refractivity contribution in [2.45, 2.75) is 12.8 Å². The van der Waals surface area contributed by atoms with Gasteiger partial charge in [0.05, 0.1) is 23.7 Å². The second-order valence-corrected chi connectivity index (χ2v) is 5.64. The highest BCUT2D eigenvalue weighted by Gasteiger charge is 2.11. The number of aromatic nitrogens is 2. The summed E-state index contributed by atoms with van der Waals surface area (Å²) < 4.78 is 7.33. The monoisotopic (exact) mass is 323 g/mol. The lowest BCUT2D eigenvalue weighted by Gasteiger charge is -2.09. The maximum atomic E-state index is 12.2. The summed E-state index contributed by atoms with van der Waals surface area (Å²) in [5.74, 6) is 1.51. The molecule has 0 aliphatic carbocycles. The van der Waals surface area contributed by atoms with Gasteiger partial charge in [-0.3, -0.25) is 4.79 Å². The molecular formula is C19H21N3O2. The summed E-state index contributed by atoms with van der Waals surface area (Å²) in [4.78, 5) is 16.9. The minimum Gasteiger partial charge on any atom is -0.496 e. The Bertz CT molecular complexity index is 855. The quantitative estimate of drug-likeness (QED) is 0.710. The largest absolute Gasteiger partial charge is 0.496 e. The highest BCUT2D eigenvalue weighted by atomic mass is 16.5. The van der Waals surface area contributed by atoms with Crippen molar-refractivity contribution in [3.8, 4) is 5.75 Å². The summed E-state index contributed by atoms with van der Waals surface area (Å²) in [6.45, 7) is 0.597. The van der Waals surface area contributed by atoms with Crippen LogP contribution in [0, 0.1) is 0 Å². The normalized spacial score (nSPS) is 10.8. The molecule has 0 aliphatic heterocycles. The van der Waals surface area contributed by atoms with E-state index in [1.54, 1.807) is 19.2 Å². The Morgan fingerprint density at radius 3 is 2.71 bits per heavy atom. The van der Waals surface area contributed by atoms with E-state index in [1.807, 2.05) is 37.4 Å². The number of nitrogens with one attached hydrogen (secondary N) is 1. The highest BCUT2D eigenvalue weighted by Crippen LogP contribution is 2.17. The number of para-hydroxylation sites is 3. The Hall–Kier alpha value is -2.82. The van der Waals surface area contributed by atoms with E-state index in [9.17, 15) is 4.79 Å². The van der Waals surface area contributed by atoms with Crippen molar-refractivity contribution in [1.82, 2.24) is 14.9 Å². The first-order valence-electron chi connectivity index (χ1n) is 8.02. The molecular weight excluding hydrogens is 302 g/mol. The smallest absolute Gasteiger partial charge is 0.255 e. The summed E-state index contributed by atoms with van der Waals surface area (Å²) in [6, 6.07) is 15.3. The molecule has 1 N–H and O–H groups in total. The number of hydrogen-bond donors (Lipinski definition) is 1.